The molecule has 0 aliphatic heterocycles. The third-order valence-corrected chi connectivity index (χ3v) is 5.71. The van der Waals surface area contributed by atoms with Crippen LogP contribution in [-0.4, -0.2) is 28.4 Å². The van der Waals surface area contributed by atoms with E-state index in [-0.39, 0.29) is 11.9 Å². The fourth-order valence-electron chi connectivity index (χ4n) is 2.40. The molecule has 126 valence electrons. The Bertz CT molecular complexity index is 685. The number of aromatic nitrogens is 2. The SMILES string of the molecule is C=CCNc1nnc(SCC(=O)NC(c2ccccc2)C2CC2)s1. The third kappa shape index (κ3) is 4.82. The van der Waals surface area contributed by atoms with Crippen molar-refractivity contribution in [2.24, 2.45) is 5.92 Å². The van der Waals surface area contributed by atoms with Crippen molar-refractivity contribution in [3.05, 3.63) is 48.6 Å². The number of anilines is 1. The summed E-state index contributed by atoms with van der Waals surface area (Å²) in [5.41, 5.74) is 1.19. The van der Waals surface area contributed by atoms with Crippen molar-refractivity contribution in [3.63, 3.8) is 0 Å². The van der Waals surface area contributed by atoms with Gasteiger partial charge in [0.05, 0.1) is 11.8 Å². The van der Waals surface area contributed by atoms with Crippen LogP contribution in [0.3, 0.4) is 0 Å². The number of carbonyl (C=O) groups is 1. The molecule has 3 rings (SSSR count). The van der Waals surface area contributed by atoms with E-state index in [1.807, 2.05) is 18.2 Å². The first-order valence-corrected chi connectivity index (χ1v) is 9.72. The Morgan fingerprint density at radius 2 is 2.17 bits per heavy atom. The number of rotatable bonds is 9. The zero-order chi connectivity index (χ0) is 16.8. The van der Waals surface area contributed by atoms with E-state index in [0.29, 0.717) is 18.2 Å². The number of hydrogen-bond donors (Lipinski definition) is 2. The lowest BCUT2D eigenvalue weighted by molar-refractivity contribution is -0.119. The smallest absolute Gasteiger partial charge is 0.230 e. The highest BCUT2D eigenvalue weighted by atomic mass is 32.2. The molecule has 1 heterocycles. The minimum Gasteiger partial charge on any atom is -0.357 e. The van der Waals surface area contributed by atoms with Gasteiger partial charge in [-0.2, -0.15) is 0 Å². The van der Waals surface area contributed by atoms with E-state index in [1.54, 1.807) is 6.08 Å². The third-order valence-electron chi connectivity index (χ3n) is 3.70. The van der Waals surface area contributed by atoms with E-state index in [1.165, 1.54) is 41.5 Å². The fraction of sp³-hybridized carbons (Fsp3) is 0.353. The van der Waals surface area contributed by atoms with Gasteiger partial charge in [0.25, 0.3) is 0 Å². The van der Waals surface area contributed by atoms with Crippen LogP contribution in [-0.2, 0) is 4.79 Å². The summed E-state index contributed by atoms with van der Waals surface area (Å²) in [7, 11) is 0. The van der Waals surface area contributed by atoms with Crippen molar-refractivity contribution in [1.82, 2.24) is 15.5 Å². The summed E-state index contributed by atoms with van der Waals surface area (Å²) < 4.78 is 0.791. The lowest BCUT2D eigenvalue weighted by atomic mass is 10.0. The molecule has 1 fully saturated rings. The number of nitrogens with one attached hydrogen (secondary N) is 2. The van der Waals surface area contributed by atoms with E-state index >= 15 is 0 Å². The van der Waals surface area contributed by atoms with Crippen molar-refractivity contribution in [3.8, 4) is 0 Å². The van der Waals surface area contributed by atoms with E-state index in [9.17, 15) is 4.79 Å². The molecule has 0 radical (unpaired) electrons. The van der Waals surface area contributed by atoms with E-state index in [2.05, 4.69) is 39.5 Å². The van der Waals surface area contributed by atoms with Gasteiger partial charge in [0.1, 0.15) is 0 Å². The monoisotopic (exact) mass is 360 g/mol. The molecule has 5 nitrogen and oxygen atoms in total. The van der Waals surface area contributed by atoms with Crippen LogP contribution in [0.5, 0.6) is 0 Å². The first-order valence-electron chi connectivity index (χ1n) is 7.91. The van der Waals surface area contributed by atoms with Crippen LogP contribution in [0.25, 0.3) is 0 Å². The molecule has 24 heavy (non-hydrogen) atoms. The number of thioether (sulfide) groups is 1. The van der Waals surface area contributed by atoms with Crippen LogP contribution in [0.15, 0.2) is 47.3 Å². The standard InChI is InChI=1S/C17H20N4OS2/c1-2-10-18-16-20-21-17(24-16)23-11-14(22)19-15(13-8-9-13)12-6-4-3-5-7-12/h2-7,13,15H,1,8-11H2,(H,18,20)(H,19,22). The van der Waals surface area contributed by atoms with E-state index in [4.69, 9.17) is 0 Å². The lowest BCUT2D eigenvalue weighted by Crippen LogP contribution is -2.31. The number of nitrogens with zero attached hydrogens (tertiary/aromatic N) is 2. The minimum atomic E-state index is 0.0385. The predicted octanol–water partition coefficient (Wildman–Crippen LogP) is 3.50. The van der Waals surface area contributed by atoms with Crippen LogP contribution >= 0.6 is 23.1 Å². The van der Waals surface area contributed by atoms with Gasteiger partial charge in [-0.1, -0.05) is 59.5 Å². The lowest BCUT2D eigenvalue weighted by Gasteiger charge is -2.18. The van der Waals surface area contributed by atoms with Gasteiger partial charge in [-0.05, 0) is 24.3 Å². The number of carbonyl (C=O) groups excluding carboxylic acids is 1. The summed E-state index contributed by atoms with van der Waals surface area (Å²) in [6.07, 6.45) is 4.13. The highest BCUT2D eigenvalue weighted by Gasteiger charge is 2.33. The normalized spacial score (nSPS) is 14.8. The zero-order valence-electron chi connectivity index (χ0n) is 13.3. The Hall–Kier alpha value is -1.86. The number of benzene rings is 1. The number of hydrogen-bond acceptors (Lipinski definition) is 6. The maximum atomic E-state index is 12.3. The van der Waals surface area contributed by atoms with Gasteiger partial charge < -0.3 is 10.6 Å². The Morgan fingerprint density at radius 3 is 2.88 bits per heavy atom. The van der Waals surface area contributed by atoms with E-state index < -0.39 is 0 Å². The molecule has 1 aromatic carbocycles. The summed E-state index contributed by atoms with van der Waals surface area (Å²) in [4.78, 5) is 12.3. The Labute approximate surface area is 150 Å². The molecular formula is C17H20N4OS2. The Kier molecular flexibility index (Phi) is 5.87. The molecule has 2 N–H and O–H groups in total. The average Bonchev–Trinajstić information content (AvgIpc) is 3.35. The molecule has 0 saturated heterocycles. The Balaban J connectivity index is 1.51. The molecule has 7 heteroatoms. The zero-order valence-corrected chi connectivity index (χ0v) is 14.9. The first kappa shape index (κ1) is 17.0. The second-order valence-corrected chi connectivity index (χ2v) is 7.82. The molecule has 1 saturated carbocycles. The molecule has 0 spiro atoms. The van der Waals surface area contributed by atoms with Crippen LogP contribution in [0.2, 0.25) is 0 Å². The van der Waals surface area contributed by atoms with Crippen molar-refractivity contribution >= 4 is 34.1 Å². The fourth-order valence-corrected chi connectivity index (χ4v) is 3.97. The molecule has 1 aliphatic rings. The molecule has 1 aliphatic carbocycles. The molecule has 0 bridgehead atoms. The minimum absolute atomic E-state index is 0.0385. The molecule has 2 aromatic rings. The van der Waals surface area contributed by atoms with Crippen molar-refractivity contribution < 1.29 is 4.79 Å². The second-order valence-electron chi connectivity index (χ2n) is 5.62. The van der Waals surface area contributed by atoms with Crippen LogP contribution in [0.4, 0.5) is 5.13 Å². The Morgan fingerprint density at radius 1 is 1.38 bits per heavy atom. The highest BCUT2D eigenvalue weighted by molar-refractivity contribution is 8.01. The van der Waals surface area contributed by atoms with Gasteiger partial charge in [-0.25, -0.2) is 0 Å². The number of amides is 1. The topological polar surface area (TPSA) is 66.9 Å². The molecule has 1 atom stereocenters. The summed E-state index contributed by atoms with van der Waals surface area (Å²) in [5, 5.41) is 15.1. The van der Waals surface area contributed by atoms with Gasteiger partial charge in [-0.15, -0.1) is 16.8 Å². The molecule has 1 amide bonds. The van der Waals surface area contributed by atoms with Crippen LogP contribution in [0, 0.1) is 5.92 Å². The molecule has 1 unspecified atom stereocenters. The van der Waals surface area contributed by atoms with Crippen LogP contribution < -0.4 is 10.6 Å². The van der Waals surface area contributed by atoms with Gasteiger partial charge in [0.2, 0.25) is 11.0 Å². The summed E-state index contributed by atoms with van der Waals surface area (Å²) in [6.45, 7) is 4.30. The molecule has 1 aromatic heterocycles. The van der Waals surface area contributed by atoms with Crippen molar-refractivity contribution in [1.29, 1.82) is 0 Å². The van der Waals surface area contributed by atoms with Crippen molar-refractivity contribution in [2.75, 3.05) is 17.6 Å². The van der Waals surface area contributed by atoms with Crippen molar-refractivity contribution in [2.45, 2.75) is 23.2 Å². The second kappa shape index (κ2) is 8.30. The van der Waals surface area contributed by atoms with Crippen LogP contribution in [0.1, 0.15) is 24.4 Å². The van der Waals surface area contributed by atoms with Gasteiger partial charge in [0, 0.05) is 6.54 Å². The predicted molar refractivity (Wildman–Crippen MR) is 99.4 cm³/mol. The van der Waals surface area contributed by atoms with Gasteiger partial charge >= 0.3 is 0 Å². The largest absolute Gasteiger partial charge is 0.357 e. The first-order chi connectivity index (χ1) is 11.8. The highest BCUT2D eigenvalue weighted by Crippen LogP contribution is 2.41. The summed E-state index contributed by atoms with van der Waals surface area (Å²) in [5.74, 6) is 0.959. The maximum absolute atomic E-state index is 12.3. The summed E-state index contributed by atoms with van der Waals surface area (Å²) in [6, 6.07) is 10.3. The van der Waals surface area contributed by atoms with E-state index in [0.717, 1.165) is 9.47 Å². The van der Waals surface area contributed by atoms with Gasteiger partial charge in [0.15, 0.2) is 4.34 Å². The quantitative estimate of drug-likeness (QED) is 0.529. The van der Waals surface area contributed by atoms with Gasteiger partial charge in [-0.3, -0.25) is 4.79 Å². The maximum Gasteiger partial charge on any atom is 0.230 e. The molecular weight excluding hydrogens is 340 g/mol. The average molecular weight is 361 g/mol. The summed E-state index contributed by atoms with van der Waals surface area (Å²) >= 11 is 2.87.